The Kier molecular flexibility index (Phi) is 10.0. The molecule has 3 saturated heterocycles. The molecule has 5 atom stereocenters. The summed E-state index contributed by atoms with van der Waals surface area (Å²) in [7, 11) is -6.03. The second-order valence-corrected chi connectivity index (χ2v) is 14.4. The van der Waals surface area contributed by atoms with Gasteiger partial charge in [-0.25, -0.2) is 18.7 Å². The molecule has 3 fully saturated rings. The summed E-state index contributed by atoms with van der Waals surface area (Å²) in [6.45, 7) is 3.82. The number of nitrogens with zero attached hydrogens (tertiary/aromatic N) is 3. The number of aromatic amines is 1. The fraction of sp³-hybridized carbons (Fsp3) is 0.500. The standard InChI is InChI=1S/C26H35N5O11P2/c1-18(25(34)38-2)28-43(36,42-20-8-4-3-5-9-20)40-17-22-21(32)15-23(41-22)31-16-19(24(33)27-26(31)35)7-6-14-39-44(37,29-10-11-29)30-12-13-30/h3-9,16,18,21-23,32H,10-15,17H2,1-2H3,(H,28,36)(H,27,33,35)/b7-6+. The molecule has 0 spiro atoms. The molecular formula is C26H35N5O11P2. The Morgan fingerprint density at radius 3 is 2.48 bits per heavy atom. The van der Waals surface area contributed by atoms with Gasteiger partial charge in [-0.1, -0.05) is 24.3 Å². The molecule has 2 aromatic rings. The van der Waals surface area contributed by atoms with E-state index in [1.165, 1.54) is 32.4 Å². The summed E-state index contributed by atoms with van der Waals surface area (Å²) < 4.78 is 58.6. The molecule has 0 amide bonds. The van der Waals surface area contributed by atoms with Crippen molar-refractivity contribution in [3.8, 4) is 5.75 Å². The fourth-order valence-electron chi connectivity index (χ4n) is 4.47. The van der Waals surface area contributed by atoms with Crippen LogP contribution in [-0.2, 0) is 32.4 Å². The molecule has 0 bridgehead atoms. The Morgan fingerprint density at radius 1 is 1.16 bits per heavy atom. The van der Waals surface area contributed by atoms with E-state index >= 15 is 0 Å². The maximum absolute atomic E-state index is 13.6. The first-order chi connectivity index (χ1) is 21.0. The summed E-state index contributed by atoms with van der Waals surface area (Å²) in [5.74, 6) is -0.498. The molecule has 1 aromatic heterocycles. The summed E-state index contributed by atoms with van der Waals surface area (Å²) >= 11 is 0. The number of aliphatic hydroxyl groups excluding tert-OH is 1. The molecular weight excluding hydrogens is 620 g/mol. The normalized spacial score (nSPS) is 24.2. The van der Waals surface area contributed by atoms with Crippen molar-refractivity contribution in [3.05, 3.63) is 69.0 Å². The van der Waals surface area contributed by atoms with Gasteiger partial charge >= 0.3 is 27.1 Å². The van der Waals surface area contributed by atoms with Gasteiger partial charge in [0.2, 0.25) is 0 Å². The van der Waals surface area contributed by atoms with Crippen LogP contribution in [0.5, 0.6) is 5.75 Å². The number of H-pyrrole nitrogens is 1. The van der Waals surface area contributed by atoms with Gasteiger partial charge in [0.25, 0.3) is 5.56 Å². The van der Waals surface area contributed by atoms with Crippen LogP contribution >= 0.6 is 15.4 Å². The molecule has 3 aliphatic heterocycles. The van der Waals surface area contributed by atoms with E-state index < -0.39 is 63.7 Å². The maximum Gasteiger partial charge on any atom is 0.459 e. The van der Waals surface area contributed by atoms with Gasteiger partial charge in [0.1, 0.15) is 24.1 Å². The Morgan fingerprint density at radius 2 is 1.84 bits per heavy atom. The van der Waals surface area contributed by atoms with E-state index in [0.717, 1.165) is 4.57 Å². The highest BCUT2D eigenvalue weighted by molar-refractivity contribution is 7.54. The summed E-state index contributed by atoms with van der Waals surface area (Å²) in [5, 5.41) is 13.2. The van der Waals surface area contributed by atoms with Gasteiger partial charge in [0.15, 0.2) is 0 Å². The number of esters is 1. The zero-order chi connectivity index (χ0) is 31.5. The van der Waals surface area contributed by atoms with Crippen LogP contribution in [0.3, 0.4) is 0 Å². The average Bonchev–Trinajstić information content (AvgIpc) is 3.92. The Balaban J connectivity index is 1.24. The number of carbonyl (C=O) groups excluding carboxylic acids is 1. The number of methoxy groups -OCH3 is 1. The van der Waals surface area contributed by atoms with Crippen LogP contribution in [0.2, 0.25) is 0 Å². The van der Waals surface area contributed by atoms with Gasteiger partial charge in [-0.05, 0) is 25.1 Å². The van der Waals surface area contributed by atoms with Crippen LogP contribution in [-0.4, -0.2) is 94.7 Å². The molecule has 18 heteroatoms. The van der Waals surface area contributed by atoms with E-state index in [9.17, 15) is 28.6 Å². The van der Waals surface area contributed by atoms with Crippen LogP contribution in [0.4, 0.5) is 0 Å². The van der Waals surface area contributed by atoms with Crippen molar-refractivity contribution in [1.82, 2.24) is 24.0 Å². The number of para-hydroxylation sites is 1. The largest absolute Gasteiger partial charge is 0.468 e. The summed E-state index contributed by atoms with van der Waals surface area (Å²) in [5.41, 5.74) is -1.30. The van der Waals surface area contributed by atoms with E-state index in [0.29, 0.717) is 26.2 Å². The molecule has 3 aliphatic rings. The third kappa shape index (κ3) is 7.83. The number of rotatable bonds is 15. The Hall–Kier alpha value is -2.91. The van der Waals surface area contributed by atoms with Crippen molar-refractivity contribution >= 4 is 27.5 Å². The Bertz CT molecular complexity index is 1560. The van der Waals surface area contributed by atoms with E-state index in [4.69, 9.17) is 18.3 Å². The number of aromatic nitrogens is 2. The summed E-state index contributed by atoms with van der Waals surface area (Å²) in [4.78, 5) is 39.3. The number of hydrogen-bond donors (Lipinski definition) is 3. The summed E-state index contributed by atoms with van der Waals surface area (Å²) in [6, 6.07) is 7.09. The van der Waals surface area contributed by atoms with Crippen molar-refractivity contribution in [2.24, 2.45) is 0 Å². The molecule has 16 nitrogen and oxygen atoms in total. The average molecular weight is 656 g/mol. The minimum absolute atomic E-state index is 0.00532. The number of aliphatic hydroxyl groups is 1. The van der Waals surface area contributed by atoms with E-state index in [1.807, 2.05) is 0 Å². The van der Waals surface area contributed by atoms with Crippen LogP contribution in [0.15, 0.2) is 52.2 Å². The van der Waals surface area contributed by atoms with Gasteiger partial charge in [-0.3, -0.25) is 28.2 Å². The van der Waals surface area contributed by atoms with Crippen LogP contribution in [0.25, 0.3) is 6.08 Å². The second-order valence-electron chi connectivity index (χ2n) is 10.4. The predicted octanol–water partition coefficient (Wildman–Crippen LogP) is 1.31. The van der Waals surface area contributed by atoms with Crippen molar-refractivity contribution in [2.45, 2.75) is 37.8 Å². The van der Waals surface area contributed by atoms with Crippen LogP contribution in [0.1, 0.15) is 25.1 Å². The second kappa shape index (κ2) is 13.6. The third-order valence-electron chi connectivity index (χ3n) is 6.99. The van der Waals surface area contributed by atoms with E-state index in [-0.39, 0.29) is 24.3 Å². The monoisotopic (exact) mass is 655 g/mol. The first-order valence-corrected chi connectivity index (χ1v) is 17.0. The number of ether oxygens (including phenoxy) is 2. The minimum atomic E-state index is -4.20. The van der Waals surface area contributed by atoms with Gasteiger partial charge in [-0.2, -0.15) is 5.09 Å². The van der Waals surface area contributed by atoms with E-state index in [2.05, 4.69) is 14.8 Å². The van der Waals surface area contributed by atoms with Crippen LogP contribution < -0.4 is 20.9 Å². The molecule has 240 valence electrons. The molecule has 3 N–H and O–H groups in total. The van der Waals surface area contributed by atoms with Gasteiger partial charge in [0.05, 0.1) is 32.0 Å². The zero-order valence-corrected chi connectivity index (χ0v) is 25.9. The predicted molar refractivity (Wildman–Crippen MR) is 157 cm³/mol. The lowest BCUT2D eigenvalue weighted by atomic mass is 10.2. The lowest BCUT2D eigenvalue weighted by molar-refractivity contribution is -0.142. The molecule has 0 radical (unpaired) electrons. The number of benzene rings is 1. The van der Waals surface area contributed by atoms with Crippen LogP contribution in [0, 0.1) is 0 Å². The number of carbonyl (C=O) groups is 1. The third-order valence-corrected chi connectivity index (χ3v) is 11.4. The summed E-state index contributed by atoms with van der Waals surface area (Å²) in [6.07, 6.45) is 1.05. The quantitative estimate of drug-likeness (QED) is 0.141. The smallest absolute Gasteiger partial charge is 0.459 e. The number of nitrogens with one attached hydrogen (secondary N) is 2. The highest BCUT2D eigenvalue weighted by atomic mass is 31.2. The zero-order valence-electron chi connectivity index (χ0n) is 24.1. The molecule has 5 unspecified atom stereocenters. The lowest BCUT2D eigenvalue weighted by Crippen LogP contribution is -2.36. The van der Waals surface area contributed by atoms with E-state index in [1.54, 1.807) is 39.7 Å². The lowest BCUT2D eigenvalue weighted by Gasteiger charge is -2.24. The molecule has 5 rings (SSSR count). The highest BCUT2D eigenvalue weighted by Gasteiger charge is 2.49. The minimum Gasteiger partial charge on any atom is -0.468 e. The molecule has 44 heavy (non-hydrogen) atoms. The number of hydrogen-bond acceptors (Lipinski definition) is 11. The SMILES string of the molecule is COC(=O)C(C)NP(=O)(OCC1OC(n2cc(/C=C/COP(=O)(N3CC3)N3CC3)c(=O)[nH]c2=O)CC1O)Oc1ccccc1. The molecule has 0 saturated carbocycles. The van der Waals surface area contributed by atoms with Gasteiger partial charge in [0, 0.05) is 38.8 Å². The first kappa shape index (κ1) is 32.5. The molecule has 4 heterocycles. The molecule has 1 aromatic carbocycles. The van der Waals surface area contributed by atoms with Crippen molar-refractivity contribution in [2.75, 3.05) is 46.5 Å². The van der Waals surface area contributed by atoms with Gasteiger partial charge < -0.3 is 23.6 Å². The van der Waals surface area contributed by atoms with Crippen molar-refractivity contribution < 1.29 is 42.1 Å². The first-order valence-electron chi connectivity index (χ1n) is 14.0. The van der Waals surface area contributed by atoms with Gasteiger partial charge in [-0.15, -0.1) is 0 Å². The highest BCUT2D eigenvalue weighted by Crippen LogP contribution is 2.60. The Labute approximate surface area is 252 Å². The van der Waals surface area contributed by atoms with Crippen molar-refractivity contribution in [3.63, 3.8) is 0 Å². The molecule has 0 aliphatic carbocycles. The van der Waals surface area contributed by atoms with Crippen molar-refractivity contribution in [1.29, 1.82) is 0 Å². The topological polar surface area (TPSA) is 190 Å². The maximum atomic E-state index is 13.6. The fourth-order valence-corrected chi connectivity index (χ4v) is 8.13.